The molecule has 1 aliphatic rings. The molecule has 1 rings (SSSR count). The first kappa shape index (κ1) is 10.9. The van der Waals surface area contributed by atoms with E-state index in [1.54, 1.807) is 4.90 Å². The van der Waals surface area contributed by atoms with Crippen molar-refractivity contribution in [2.45, 2.75) is 12.5 Å². The molecule has 0 aliphatic carbocycles. The topological polar surface area (TPSA) is 87.1 Å². The average Bonchev–Trinajstić information content (AvgIpc) is 2.15. The fraction of sp³-hybridized carbons (Fsp3) is 0.750. The summed E-state index contributed by atoms with van der Waals surface area (Å²) in [6.45, 7) is 1.88. The Morgan fingerprint density at radius 3 is 2.29 bits per heavy atom. The van der Waals surface area contributed by atoms with Crippen molar-refractivity contribution in [3.63, 3.8) is 0 Å². The fourth-order valence-electron chi connectivity index (χ4n) is 1.43. The summed E-state index contributed by atoms with van der Waals surface area (Å²) >= 11 is 0. The van der Waals surface area contributed by atoms with Crippen molar-refractivity contribution in [3.8, 4) is 0 Å². The lowest BCUT2D eigenvalue weighted by molar-refractivity contribution is -0.151. The number of hydrogen-bond acceptors (Lipinski definition) is 4. The van der Waals surface area contributed by atoms with Crippen molar-refractivity contribution < 1.29 is 24.5 Å². The molecule has 0 aromatic heterocycles. The van der Waals surface area contributed by atoms with Crippen molar-refractivity contribution >= 4 is 11.9 Å². The highest BCUT2D eigenvalue weighted by Gasteiger charge is 2.28. The summed E-state index contributed by atoms with van der Waals surface area (Å²) in [6.07, 6.45) is -0.366. The molecular formula is C8H13NO5. The third kappa shape index (κ3) is 2.97. The summed E-state index contributed by atoms with van der Waals surface area (Å²) in [5.41, 5.74) is 0. The van der Waals surface area contributed by atoms with Gasteiger partial charge in [0.25, 0.3) is 0 Å². The van der Waals surface area contributed by atoms with Crippen LogP contribution in [0.4, 0.5) is 0 Å². The molecule has 80 valence electrons. The lowest BCUT2D eigenvalue weighted by Gasteiger charge is -2.30. The molecule has 0 spiro atoms. The normalized spacial score (nSPS) is 20.3. The van der Waals surface area contributed by atoms with Crippen LogP contribution in [0.15, 0.2) is 0 Å². The molecule has 0 aromatic carbocycles. The van der Waals surface area contributed by atoms with E-state index in [4.69, 9.17) is 14.9 Å². The predicted octanol–water partition coefficient (Wildman–Crippen LogP) is -0.753. The van der Waals surface area contributed by atoms with Crippen LogP contribution in [0.1, 0.15) is 6.42 Å². The van der Waals surface area contributed by atoms with Crippen molar-refractivity contribution in [3.05, 3.63) is 0 Å². The maximum absolute atomic E-state index is 10.8. The second kappa shape index (κ2) is 4.92. The third-order valence-corrected chi connectivity index (χ3v) is 2.14. The molecule has 2 N–H and O–H groups in total. The highest BCUT2D eigenvalue weighted by Crippen LogP contribution is 2.08. The van der Waals surface area contributed by atoms with Crippen LogP contribution in [0.25, 0.3) is 0 Å². The van der Waals surface area contributed by atoms with Gasteiger partial charge in [-0.05, 0) is 0 Å². The SMILES string of the molecule is O=C(O)C[C@@H](C(=O)O)N1CCOCC1. The Bertz CT molecular complexity index is 224. The molecule has 1 atom stereocenters. The van der Waals surface area contributed by atoms with E-state index in [1.807, 2.05) is 0 Å². The van der Waals surface area contributed by atoms with Gasteiger partial charge in [-0.25, -0.2) is 0 Å². The first-order chi connectivity index (χ1) is 6.61. The van der Waals surface area contributed by atoms with E-state index in [0.29, 0.717) is 26.3 Å². The summed E-state index contributed by atoms with van der Waals surface area (Å²) in [6, 6.07) is -0.934. The zero-order chi connectivity index (χ0) is 10.6. The Morgan fingerprint density at radius 2 is 1.86 bits per heavy atom. The highest BCUT2D eigenvalue weighted by molar-refractivity contribution is 5.80. The molecule has 1 aliphatic heterocycles. The molecule has 14 heavy (non-hydrogen) atoms. The predicted molar refractivity (Wildman–Crippen MR) is 46.1 cm³/mol. The molecule has 1 fully saturated rings. The van der Waals surface area contributed by atoms with E-state index in [2.05, 4.69) is 0 Å². The van der Waals surface area contributed by atoms with Crippen molar-refractivity contribution in [2.24, 2.45) is 0 Å². The van der Waals surface area contributed by atoms with Crippen LogP contribution in [0.3, 0.4) is 0 Å². The Labute approximate surface area is 81.1 Å². The lowest BCUT2D eigenvalue weighted by Crippen LogP contribution is -2.48. The molecule has 0 radical (unpaired) electrons. The van der Waals surface area contributed by atoms with Crippen LogP contribution in [0.2, 0.25) is 0 Å². The number of aliphatic carboxylic acids is 2. The molecule has 0 aromatic rings. The molecule has 0 amide bonds. The molecular weight excluding hydrogens is 190 g/mol. The maximum Gasteiger partial charge on any atom is 0.321 e. The van der Waals surface area contributed by atoms with Gasteiger partial charge in [0.1, 0.15) is 6.04 Å². The summed E-state index contributed by atoms with van der Waals surface area (Å²) in [4.78, 5) is 22.8. The Kier molecular flexibility index (Phi) is 3.84. The average molecular weight is 203 g/mol. The number of carboxylic acids is 2. The van der Waals surface area contributed by atoms with Gasteiger partial charge >= 0.3 is 11.9 Å². The monoisotopic (exact) mass is 203 g/mol. The smallest absolute Gasteiger partial charge is 0.321 e. The van der Waals surface area contributed by atoms with Gasteiger partial charge in [-0.1, -0.05) is 0 Å². The van der Waals surface area contributed by atoms with Gasteiger partial charge in [0, 0.05) is 13.1 Å². The van der Waals surface area contributed by atoms with Crippen molar-refractivity contribution in [2.75, 3.05) is 26.3 Å². The summed E-state index contributed by atoms with van der Waals surface area (Å²) in [5, 5.41) is 17.4. The molecule has 6 heteroatoms. The maximum atomic E-state index is 10.8. The standard InChI is InChI=1S/C8H13NO5/c10-7(11)5-6(8(12)13)9-1-3-14-4-2-9/h6H,1-5H2,(H,10,11)(H,12,13)/t6-/m0/s1. The summed E-state index contributed by atoms with van der Waals surface area (Å²) < 4.78 is 5.05. The minimum Gasteiger partial charge on any atom is -0.481 e. The van der Waals surface area contributed by atoms with Crippen LogP contribution in [0, 0.1) is 0 Å². The molecule has 6 nitrogen and oxygen atoms in total. The van der Waals surface area contributed by atoms with E-state index in [1.165, 1.54) is 0 Å². The zero-order valence-corrected chi connectivity index (χ0v) is 7.68. The van der Waals surface area contributed by atoms with Gasteiger partial charge in [-0.2, -0.15) is 0 Å². The van der Waals surface area contributed by atoms with Crippen LogP contribution in [-0.4, -0.2) is 59.4 Å². The minimum atomic E-state index is -1.09. The summed E-state index contributed by atoms with van der Waals surface area (Å²) in [7, 11) is 0. The quantitative estimate of drug-likeness (QED) is 0.625. The van der Waals surface area contributed by atoms with Crippen LogP contribution in [0.5, 0.6) is 0 Å². The number of rotatable bonds is 4. The molecule has 1 heterocycles. The van der Waals surface area contributed by atoms with Crippen molar-refractivity contribution in [1.29, 1.82) is 0 Å². The van der Waals surface area contributed by atoms with E-state index < -0.39 is 18.0 Å². The second-order valence-electron chi connectivity index (χ2n) is 3.10. The Morgan fingerprint density at radius 1 is 1.29 bits per heavy atom. The van der Waals surface area contributed by atoms with Crippen LogP contribution < -0.4 is 0 Å². The van der Waals surface area contributed by atoms with Gasteiger partial charge in [-0.15, -0.1) is 0 Å². The van der Waals surface area contributed by atoms with E-state index in [-0.39, 0.29) is 6.42 Å². The molecule has 0 bridgehead atoms. The number of morpholine rings is 1. The molecule has 0 saturated carbocycles. The second-order valence-corrected chi connectivity index (χ2v) is 3.10. The van der Waals surface area contributed by atoms with Gasteiger partial charge in [0.15, 0.2) is 0 Å². The van der Waals surface area contributed by atoms with Gasteiger partial charge in [0.05, 0.1) is 19.6 Å². The third-order valence-electron chi connectivity index (χ3n) is 2.14. The van der Waals surface area contributed by atoms with Crippen LogP contribution >= 0.6 is 0 Å². The Hall–Kier alpha value is -1.14. The zero-order valence-electron chi connectivity index (χ0n) is 7.68. The number of carboxylic acid groups (broad SMARTS) is 2. The Balaban J connectivity index is 2.56. The fourth-order valence-corrected chi connectivity index (χ4v) is 1.43. The first-order valence-electron chi connectivity index (χ1n) is 4.37. The van der Waals surface area contributed by atoms with E-state index in [9.17, 15) is 9.59 Å². The van der Waals surface area contributed by atoms with Gasteiger partial charge in [-0.3, -0.25) is 14.5 Å². The van der Waals surface area contributed by atoms with Crippen LogP contribution in [-0.2, 0) is 14.3 Å². The minimum absolute atomic E-state index is 0.366. The van der Waals surface area contributed by atoms with Crippen molar-refractivity contribution in [1.82, 2.24) is 4.90 Å². The van der Waals surface area contributed by atoms with E-state index in [0.717, 1.165) is 0 Å². The highest BCUT2D eigenvalue weighted by atomic mass is 16.5. The first-order valence-corrected chi connectivity index (χ1v) is 4.37. The molecule has 1 saturated heterocycles. The summed E-state index contributed by atoms with van der Waals surface area (Å²) in [5.74, 6) is -2.18. The number of carbonyl (C=O) groups is 2. The van der Waals surface area contributed by atoms with Gasteiger partial charge in [0.2, 0.25) is 0 Å². The van der Waals surface area contributed by atoms with E-state index >= 15 is 0 Å². The number of nitrogens with zero attached hydrogens (tertiary/aromatic N) is 1. The molecule has 0 unspecified atom stereocenters. The van der Waals surface area contributed by atoms with Gasteiger partial charge < -0.3 is 14.9 Å². The largest absolute Gasteiger partial charge is 0.481 e. The number of ether oxygens (including phenoxy) is 1. The lowest BCUT2D eigenvalue weighted by atomic mass is 10.1. The number of hydrogen-bond donors (Lipinski definition) is 2.